The minimum Gasteiger partial charge on any atom is -0.393 e. The molecule has 0 bridgehead atoms. The van der Waals surface area contributed by atoms with Crippen LogP contribution >= 0.6 is 0 Å². The summed E-state index contributed by atoms with van der Waals surface area (Å²) in [6.07, 6.45) is 1.98. The molecule has 0 aromatic heterocycles. The molecule has 27 heavy (non-hydrogen) atoms. The Kier molecular flexibility index (Phi) is 6.14. The first-order chi connectivity index (χ1) is 11.5. The van der Waals surface area contributed by atoms with Crippen molar-refractivity contribution in [2.24, 2.45) is 32.5 Å². The summed E-state index contributed by atoms with van der Waals surface area (Å²) < 4.78 is 26.2. The van der Waals surface area contributed by atoms with Gasteiger partial charge in [0.25, 0.3) is 0 Å². The quantitative estimate of drug-likeness (QED) is 0.450. The van der Waals surface area contributed by atoms with Crippen LogP contribution in [0.3, 0.4) is 0 Å². The van der Waals surface area contributed by atoms with Crippen LogP contribution in [0.15, 0.2) is 0 Å². The molecule has 0 heterocycles. The molecule has 0 aliphatic heterocycles. The summed E-state index contributed by atoms with van der Waals surface area (Å²) in [5.41, 5.74) is 0.595. The fraction of sp³-hybridized carbons (Fsp3) is 1.00. The summed E-state index contributed by atoms with van der Waals surface area (Å²) >= 11 is 0. The van der Waals surface area contributed by atoms with Crippen molar-refractivity contribution < 1.29 is 13.9 Å². The standard InChI is InChI=1S/C12H22F2.C12H24O/c1-9(2,3)11(10(4,5)6)7-12(13,14)8-11;1-10(2,3)12(11(4,5)6)7-9(13)8-12/h7-8H2,1-6H3;9,13H,7-8H2,1-6H3. The van der Waals surface area contributed by atoms with Crippen LogP contribution in [0.5, 0.6) is 0 Å². The highest BCUT2D eigenvalue weighted by molar-refractivity contribution is 5.10. The molecule has 1 N–H and O–H groups in total. The molecule has 0 unspecified atom stereocenters. The van der Waals surface area contributed by atoms with Crippen LogP contribution in [0.25, 0.3) is 0 Å². The number of halogens is 2. The first-order valence-electron chi connectivity index (χ1n) is 10.6. The molecule has 2 saturated carbocycles. The number of aliphatic hydroxyl groups is 1. The smallest absolute Gasteiger partial charge is 0.249 e. The van der Waals surface area contributed by atoms with Gasteiger partial charge in [-0.3, -0.25) is 0 Å². The maximum atomic E-state index is 13.1. The lowest BCUT2D eigenvalue weighted by atomic mass is 9.44. The molecule has 0 aromatic carbocycles. The van der Waals surface area contributed by atoms with E-state index in [9.17, 15) is 13.9 Å². The second-order valence-corrected chi connectivity index (χ2v) is 13.4. The van der Waals surface area contributed by atoms with E-state index in [2.05, 4.69) is 83.1 Å². The number of rotatable bonds is 0. The van der Waals surface area contributed by atoms with Crippen LogP contribution in [0.1, 0.15) is 109 Å². The molecule has 162 valence electrons. The van der Waals surface area contributed by atoms with Gasteiger partial charge in [0.1, 0.15) is 0 Å². The van der Waals surface area contributed by atoms with E-state index >= 15 is 0 Å². The summed E-state index contributed by atoms with van der Waals surface area (Å²) in [6, 6.07) is 0. The van der Waals surface area contributed by atoms with Crippen LogP contribution in [0, 0.1) is 32.5 Å². The molecule has 2 aliphatic carbocycles. The average molecular weight is 389 g/mol. The molecule has 0 saturated heterocycles. The van der Waals surface area contributed by atoms with Crippen LogP contribution in [-0.2, 0) is 0 Å². The average Bonchev–Trinajstić information content (AvgIpc) is 2.26. The molecule has 0 atom stereocenters. The monoisotopic (exact) mass is 388 g/mol. The minimum atomic E-state index is -2.43. The summed E-state index contributed by atoms with van der Waals surface area (Å²) in [5, 5.41) is 9.51. The molecule has 1 nitrogen and oxygen atoms in total. The Hall–Kier alpha value is -0.180. The molecule has 0 radical (unpaired) electrons. The van der Waals surface area contributed by atoms with Gasteiger partial charge in [-0.05, 0) is 45.3 Å². The number of alkyl halides is 2. The van der Waals surface area contributed by atoms with Crippen molar-refractivity contribution in [1.29, 1.82) is 0 Å². The summed E-state index contributed by atoms with van der Waals surface area (Å²) in [4.78, 5) is 0. The Morgan fingerprint density at radius 3 is 0.926 bits per heavy atom. The van der Waals surface area contributed by atoms with Crippen LogP contribution in [-0.4, -0.2) is 17.1 Å². The van der Waals surface area contributed by atoms with E-state index in [0.717, 1.165) is 12.8 Å². The third kappa shape index (κ3) is 4.38. The molecular weight excluding hydrogens is 342 g/mol. The largest absolute Gasteiger partial charge is 0.393 e. The lowest BCUT2D eigenvalue weighted by molar-refractivity contribution is -0.243. The Morgan fingerprint density at radius 2 is 0.852 bits per heavy atom. The molecule has 2 fully saturated rings. The zero-order chi connectivity index (χ0) is 21.9. The number of hydrogen-bond donors (Lipinski definition) is 1. The molecule has 0 amide bonds. The van der Waals surface area contributed by atoms with E-state index in [4.69, 9.17) is 0 Å². The third-order valence-corrected chi connectivity index (χ3v) is 8.03. The van der Waals surface area contributed by atoms with E-state index in [1.807, 2.05) is 0 Å². The minimum absolute atomic E-state index is 0.0486. The molecule has 3 heteroatoms. The van der Waals surface area contributed by atoms with Crippen molar-refractivity contribution in [2.75, 3.05) is 0 Å². The zero-order valence-electron chi connectivity index (χ0n) is 20.1. The van der Waals surface area contributed by atoms with Gasteiger partial charge in [0.15, 0.2) is 0 Å². The predicted octanol–water partition coefficient (Wildman–Crippen LogP) is 7.71. The Morgan fingerprint density at radius 1 is 0.593 bits per heavy atom. The van der Waals surface area contributed by atoms with Gasteiger partial charge in [0, 0.05) is 12.8 Å². The van der Waals surface area contributed by atoms with E-state index < -0.39 is 5.92 Å². The number of aliphatic hydroxyl groups excluding tert-OH is 1. The fourth-order valence-corrected chi connectivity index (χ4v) is 6.11. The molecular formula is C24H46F2O. The lowest BCUT2D eigenvalue weighted by Crippen LogP contribution is -2.59. The van der Waals surface area contributed by atoms with Gasteiger partial charge >= 0.3 is 0 Å². The van der Waals surface area contributed by atoms with E-state index in [-0.39, 0.29) is 35.2 Å². The summed E-state index contributed by atoms with van der Waals surface area (Å²) in [6.45, 7) is 26.2. The van der Waals surface area contributed by atoms with Gasteiger partial charge in [-0.2, -0.15) is 0 Å². The van der Waals surface area contributed by atoms with Crippen molar-refractivity contribution in [1.82, 2.24) is 0 Å². The SMILES string of the molecule is CC(C)(C)C1(C(C)(C)C)CC(F)(F)C1.CC(C)(C)C1(C(C)(C)C)CC(O)C1. The Balaban J connectivity index is 0.000000271. The lowest BCUT2D eigenvalue weighted by Gasteiger charge is -2.62. The molecule has 0 spiro atoms. The van der Waals surface area contributed by atoms with Crippen molar-refractivity contribution in [3.8, 4) is 0 Å². The predicted molar refractivity (Wildman–Crippen MR) is 112 cm³/mol. The molecule has 2 rings (SSSR count). The summed E-state index contributed by atoms with van der Waals surface area (Å²) in [7, 11) is 0. The fourth-order valence-electron chi connectivity index (χ4n) is 6.11. The van der Waals surface area contributed by atoms with Gasteiger partial charge in [-0.15, -0.1) is 0 Å². The van der Waals surface area contributed by atoms with Crippen molar-refractivity contribution in [2.45, 2.75) is 121 Å². The van der Waals surface area contributed by atoms with E-state index in [0.29, 0.717) is 16.2 Å². The van der Waals surface area contributed by atoms with Crippen molar-refractivity contribution in [3.63, 3.8) is 0 Å². The third-order valence-electron chi connectivity index (χ3n) is 8.03. The first kappa shape index (κ1) is 24.9. The van der Waals surface area contributed by atoms with Gasteiger partial charge in [0.2, 0.25) is 5.92 Å². The van der Waals surface area contributed by atoms with E-state index in [1.54, 1.807) is 0 Å². The van der Waals surface area contributed by atoms with Gasteiger partial charge in [0.05, 0.1) is 6.10 Å². The highest BCUT2D eigenvalue weighted by Crippen LogP contribution is 2.68. The van der Waals surface area contributed by atoms with Crippen molar-refractivity contribution >= 4 is 0 Å². The topological polar surface area (TPSA) is 20.2 Å². The van der Waals surface area contributed by atoms with Crippen molar-refractivity contribution in [3.05, 3.63) is 0 Å². The van der Waals surface area contributed by atoms with Crippen LogP contribution in [0.2, 0.25) is 0 Å². The Labute approximate surface area is 167 Å². The van der Waals surface area contributed by atoms with Gasteiger partial charge < -0.3 is 5.11 Å². The molecule has 0 aromatic rings. The second kappa shape index (κ2) is 6.67. The first-order valence-corrected chi connectivity index (χ1v) is 10.6. The maximum Gasteiger partial charge on any atom is 0.249 e. The van der Waals surface area contributed by atoms with E-state index in [1.165, 1.54) is 0 Å². The molecule has 2 aliphatic rings. The Bertz CT molecular complexity index is 475. The maximum absolute atomic E-state index is 13.1. The zero-order valence-corrected chi connectivity index (χ0v) is 20.1. The van der Waals surface area contributed by atoms with Crippen LogP contribution in [0.4, 0.5) is 8.78 Å². The summed E-state index contributed by atoms with van der Waals surface area (Å²) in [5.74, 6) is -2.43. The second-order valence-electron chi connectivity index (χ2n) is 13.4. The number of hydrogen-bond acceptors (Lipinski definition) is 1. The van der Waals surface area contributed by atoms with Gasteiger partial charge in [-0.25, -0.2) is 8.78 Å². The van der Waals surface area contributed by atoms with Crippen LogP contribution < -0.4 is 0 Å². The highest BCUT2D eigenvalue weighted by Gasteiger charge is 2.65. The van der Waals surface area contributed by atoms with Gasteiger partial charge in [-0.1, -0.05) is 83.1 Å². The normalized spacial score (nSPS) is 25.0. The highest BCUT2D eigenvalue weighted by atomic mass is 19.3.